The van der Waals surface area contributed by atoms with E-state index in [0.29, 0.717) is 11.1 Å². The Morgan fingerprint density at radius 2 is 1.60 bits per heavy atom. The number of aliphatic hydroxyl groups is 5. The van der Waals surface area contributed by atoms with Gasteiger partial charge in [0.25, 0.3) is 0 Å². The summed E-state index contributed by atoms with van der Waals surface area (Å²) in [5, 5.41) is 81.4. The van der Waals surface area contributed by atoms with E-state index >= 15 is 0 Å². The van der Waals surface area contributed by atoms with E-state index in [1.165, 1.54) is 50.4 Å². The van der Waals surface area contributed by atoms with E-state index in [1.54, 1.807) is 12.1 Å². The van der Waals surface area contributed by atoms with Crippen molar-refractivity contribution in [2.45, 2.75) is 74.4 Å². The molecule has 8 N–H and O–H groups in total. The molecule has 2 aromatic rings. The molecular weight excluding hydrogens is 600 g/mol. The lowest BCUT2D eigenvalue weighted by molar-refractivity contribution is -0.358. The molecule has 2 fully saturated rings. The molecule has 0 spiro atoms. The molecular formula is C30H38O15. The zero-order valence-electron chi connectivity index (χ0n) is 24.4. The van der Waals surface area contributed by atoms with Crippen LogP contribution >= 0.6 is 0 Å². The summed E-state index contributed by atoms with van der Waals surface area (Å²) in [5.74, 6) is -1.63. The van der Waals surface area contributed by atoms with E-state index in [0.717, 1.165) is 6.08 Å². The van der Waals surface area contributed by atoms with E-state index < -0.39 is 85.8 Å². The van der Waals surface area contributed by atoms with Crippen LogP contribution in [0.15, 0.2) is 48.5 Å². The predicted molar refractivity (Wildman–Crippen MR) is 151 cm³/mol. The molecule has 0 aromatic heterocycles. The van der Waals surface area contributed by atoms with Gasteiger partial charge in [0.1, 0.15) is 48.5 Å². The Labute approximate surface area is 258 Å². The van der Waals surface area contributed by atoms with E-state index in [9.17, 15) is 45.6 Å². The fraction of sp³-hybridized carbons (Fsp3) is 0.500. The summed E-state index contributed by atoms with van der Waals surface area (Å²) in [6, 6.07) is 9.93. The van der Waals surface area contributed by atoms with Gasteiger partial charge in [-0.15, -0.1) is 0 Å². The predicted octanol–water partition coefficient (Wildman–Crippen LogP) is -0.577. The minimum Gasteiger partial charge on any atom is -0.508 e. The first kappa shape index (κ1) is 34.5. The highest BCUT2D eigenvalue weighted by molar-refractivity contribution is 5.87. The first-order valence-corrected chi connectivity index (χ1v) is 14.1. The number of methoxy groups -OCH3 is 1. The molecule has 0 amide bonds. The van der Waals surface area contributed by atoms with Crippen molar-refractivity contribution in [2.24, 2.45) is 0 Å². The lowest BCUT2D eigenvalue weighted by atomic mass is 9.97. The molecule has 15 heteroatoms. The van der Waals surface area contributed by atoms with Crippen molar-refractivity contribution < 1.29 is 74.1 Å². The fourth-order valence-electron chi connectivity index (χ4n) is 4.90. The second-order valence-corrected chi connectivity index (χ2v) is 10.6. The summed E-state index contributed by atoms with van der Waals surface area (Å²) in [5.41, 5.74) is 0.969. The number of rotatable bonds is 11. The Hall–Kier alpha value is -3.35. The Bertz CT molecular complexity index is 1290. The number of carbonyl (C=O) groups is 1. The van der Waals surface area contributed by atoms with Gasteiger partial charge in [-0.1, -0.05) is 18.2 Å². The van der Waals surface area contributed by atoms with Gasteiger partial charge in [-0.05, 0) is 48.4 Å². The molecule has 2 heterocycles. The first-order chi connectivity index (χ1) is 21.4. The van der Waals surface area contributed by atoms with Crippen LogP contribution in [0.25, 0.3) is 6.08 Å². The van der Waals surface area contributed by atoms with Crippen molar-refractivity contribution in [1.29, 1.82) is 0 Å². The van der Waals surface area contributed by atoms with Crippen molar-refractivity contribution in [2.75, 3.05) is 20.3 Å². The van der Waals surface area contributed by atoms with Crippen LogP contribution in [0.1, 0.15) is 24.2 Å². The van der Waals surface area contributed by atoms with Crippen molar-refractivity contribution in [3.05, 3.63) is 59.7 Å². The molecule has 0 bridgehead atoms. The van der Waals surface area contributed by atoms with Crippen molar-refractivity contribution in [1.82, 2.24) is 0 Å². The smallest absolute Gasteiger partial charge is 0.331 e. The topological polar surface area (TPSA) is 234 Å². The maximum absolute atomic E-state index is 12.8. The summed E-state index contributed by atoms with van der Waals surface area (Å²) in [6.45, 7) is 0.422. The van der Waals surface area contributed by atoms with E-state index in [2.05, 4.69) is 0 Å². The summed E-state index contributed by atoms with van der Waals surface area (Å²) in [6.07, 6.45) is -13.5. The number of aromatic hydroxyl groups is 3. The first-order valence-electron chi connectivity index (χ1n) is 14.1. The fourth-order valence-corrected chi connectivity index (χ4v) is 4.90. The third-order valence-corrected chi connectivity index (χ3v) is 7.52. The third-order valence-electron chi connectivity index (χ3n) is 7.52. The third kappa shape index (κ3) is 8.28. The molecule has 15 nitrogen and oxygen atoms in total. The average molecular weight is 639 g/mol. The van der Waals surface area contributed by atoms with Gasteiger partial charge in [0.15, 0.2) is 30.2 Å². The van der Waals surface area contributed by atoms with Gasteiger partial charge in [-0.3, -0.25) is 0 Å². The van der Waals surface area contributed by atoms with Crippen LogP contribution < -0.4 is 0 Å². The lowest BCUT2D eigenvalue weighted by Crippen LogP contribution is -2.65. The Morgan fingerprint density at radius 3 is 2.24 bits per heavy atom. The number of hydrogen-bond acceptors (Lipinski definition) is 15. The molecule has 11 atom stereocenters. The molecule has 11 unspecified atom stereocenters. The van der Waals surface area contributed by atoms with Crippen molar-refractivity contribution in [3.8, 4) is 17.2 Å². The van der Waals surface area contributed by atoms with Gasteiger partial charge < -0.3 is 69.3 Å². The summed E-state index contributed by atoms with van der Waals surface area (Å²) < 4.78 is 33.9. The van der Waals surface area contributed by atoms with E-state index in [4.69, 9.17) is 28.4 Å². The van der Waals surface area contributed by atoms with Gasteiger partial charge in [0.2, 0.25) is 0 Å². The van der Waals surface area contributed by atoms with E-state index in [1.807, 2.05) is 0 Å². The highest BCUT2D eigenvalue weighted by atomic mass is 16.7. The molecule has 4 rings (SSSR count). The average Bonchev–Trinajstić information content (AvgIpc) is 3.02. The van der Waals surface area contributed by atoms with Crippen LogP contribution in [0.3, 0.4) is 0 Å². The number of benzene rings is 2. The van der Waals surface area contributed by atoms with Crippen LogP contribution in [0, 0.1) is 0 Å². The van der Waals surface area contributed by atoms with Gasteiger partial charge in [-0.25, -0.2) is 4.79 Å². The SMILES string of the molecule is COC(COC1OC(CO)C(OC(=O)C=Cc2ccc(O)cc2)C(OC2OC(C)C(O)C(O)C2O)C1O)c1ccc(O)c(O)c1. The maximum Gasteiger partial charge on any atom is 0.331 e. The zero-order valence-corrected chi connectivity index (χ0v) is 24.4. The largest absolute Gasteiger partial charge is 0.508 e. The van der Waals surface area contributed by atoms with Gasteiger partial charge in [-0.2, -0.15) is 0 Å². The van der Waals surface area contributed by atoms with Crippen LogP contribution in [-0.2, 0) is 33.2 Å². The highest BCUT2D eigenvalue weighted by Gasteiger charge is 2.52. The van der Waals surface area contributed by atoms with Gasteiger partial charge >= 0.3 is 5.97 Å². The Balaban J connectivity index is 1.55. The molecule has 0 radical (unpaired) electrons. The molecule has 2 aromatic carbocycles. The normalized spacial score (nSPS) is 32.8. The van der Waals surface area contributed by atoms with Crippen molar-refractivity contribution >= 4 is 12.0 Å². The zero-order chi connectivity index (χ0) is 32.8. The molecule has 2 aliphatic heterocycles. The van der Waals surface area contributed by atoms with E-state index in [-0.39, 0.29) is 18.1 Å². The standard InChI is InChI=1S/C30H38O15/c1-14-23(36)24(37)25(38)30(42-14)45-28-26(39)29(41-13-21(40-2)16-6-9-18(33)19(34)11-16)43-20(12-31)27(28)44-22(35)10-5-15-3-7-17(32)8-4-15/h3-11,14,20-21,23-34,36-39H,12-13H2,1-2H3. The number of esters is 1. The molecule has 0 aliphatic carbocycles. The van der Waals surface area contributed by atoms with Crippen LogP contribution in [0.5, 0.6) is 17.2 Å². The molecule has 2 saturated heterocycles. The summed E-state index contributed by atoms with van der Waals surface area (Å²) >= 11 is 0. The van der Waals surface area contributed by atoms with Crippen molar-refractivity contribution in [3.63, 3.8) is 0 Å². The Kier molecular flexibility index (Phi) is 11.7. The number of phenols is 3. The van der Waals surface area contributed by atoms with Crippen LogP contribution in [0.2, 0.25) is 0 Å². The molecule has 2 aliphatic rings. The number of phenolic OH excluding ortho intramolecular Hbond substituents is 3. The number of hydrogen-bond donors (Lipinski definition) is 8. The Morgan fingerprint density at radius 1 is 0.889 bits per heavy atom. The quantitative estimate of drug-likeness (QED) is 0.0874. The number of carbonyl (C=O) groups excluding carboxylic acids is 1. The molecule has 0 saturated carbocycles. The number of ether oxygens (including phenoxy) is 6. The maximum atomic E-state index is 12.8. The summed E-state index contributed by atoms with van der Waals surface area (Å²) in [4.78, 5) is 12.8. The summed E-state index contributed by atoms with van der Waals surface area (Å²) in [7, 11) is 1.36. The van der Waals surface area contributed by atoms with Crippen LogP contribution in [0.4, 0.5) is 0 Å². The minimum atomic E-state index is -1.77. The van der Waals surface area contributed by atoms with Crippen LogP contribution in [-0.4, -0.2) is 129 Å². The molecule has 45 heavy (non-hydrogen) atoms. The second kappa shape index (κ2) is 15.3. The second-order valence-electron chi connectivity index (χ2n) is 10.6. The van der Waals surface area contributed by atoms with Gasteiger partial charge in [0, 0.05) is 13.2 Å². The minimum absolute atomic E-state index is 0.0303. The van der Waals surface area contributed by atoms with Gasteiger partial charge in [0.05, 0.1) is 19.3 Å². The molecule has 248 valence electrons. The number of aliphatic hydroxyl groups excluding tert-OH is 5. The highest BCUT2D eigenvalue weighted by Crippen LogP contribution is 2.33. The monoisotopic (exact) mass is 638 g/mol. The lowest BCUT2D eigenvalue weighted by Gasteiger charge is -2.46.